The molecule has 7 heteroatoms. The highest BCUT2D eigenvalue weighted by Crippen LogP contribution is 2.29. The lowest BCUT2D eigenvalue weighted by Gasteiger charge is -2.32. The second kappa shape index (κ2) is 7.88. The van der Waals surface area contributed by atoms with Crippen molar-refractivity contribution in [2.45, 2.75) is 32.2 Å². The molecule has 1 unspecified atom stereocenters. The molecule has 134 valence electrons. The molecule has 4 rings (SSSR count). The van der Waals surface area contributed by atoms with E-state index in [0.29, 0.717) is 11.7 Å². The molecule has 4 heterocycles. The van der Waals surface area contributed by atoms with Gasteiger partial charge in [0.2, 0.25) is 0 Å². The maximum Gasteiger partial charge on any atom is 0.150 e. The Balaban J connectivity index is 1.45. The molecule has 0 spiro atoms. The average Bonchev–Trinajstić information content (AvgIpc) is 3.08. The Kier molecular flexibility index (Phi) is 5.17. The van der Waals surface area contributed by atoms with E-state index >= 15 is 0 Å². The minimum absolute atomic E-state index is 0.530. The van der Waals surface area contributed by atoms with Crippen molar-refractivity contribution in [1.82, 2.24) is 24.8 Å². The van der Waals surface area contributed by atoms with Gasteiger partial charge in [-0.05, 0) is 49.9 Å². The fourth-order valence-electron chi connectivity index (χ4n) is 3.42. The van der Waals surface area contributed by atoms with Crippen molar-refractivity contribution >= 4 is 23.0 Å². The number of nitrogens with zero attached hydrogens (tertiary/aromatic N) is 5. The smallest absolute Gasteiger partial charge is 0.150 e. The third kappa shape index (κ3) is 4.05. The van der Waals surface area contributed by atoms with Crippen molar-refractivity contribution in [3.63, 3.8) is 0 Å². The predicted octanol–water partition coefficient (Wildman–Crippen LogP) is 3.76. The molecule has 0 bridgehead atoms. The van der Waals surface area contributed by atoms with Crippen LogP contribution >= 0.6 is 11.3 Å². The topological polar surface area (TPSA) is 66.8 Å². The molecule has 1 N–H and O–H groups in total. The molecule has 3 aromatic heterocycles. The number of piperidine rings is 1. The number of pyridine rings is 1. The van der Waals surface area contributed by atoms with Gasteiger partial charge in [0.25, 0.3) is 0 Å². The molecule has 1 saturated heterocycles. The van der Waals surface area contributed by atoms with Crippen LogP contribution in [0.25, 0.3) is 0 Å². The first-order chi connectivity index (χ1) is 12.8. The molecular formula is C19H22N6S. The normalized spacial score (nSPS) is 18.0. The maximum atomic E-state index is 4.42. The molecule has 1 atom stereocenters. The molecule has 1 aliphatic heterocycles. The van der Waals surface area contributed by atoms with E-state index in [2.05, 4.69) is 49.2 Å². The number of hydrogen-bond donors (Lipinski definition) is 1. The summed E-state index contributed by atoms with van der Waals surface area (Å²) in [6.45, 7) is 5.33. The number of likely N-dealkylation sites (tertiary alicyclic amines) is 1. The number of aryl methyl sites for hydroxylation is 1. The monoisotopic (exact) mass is 366 g/mol. The molecule has 1 fully saturated rings. The van der Waals surface area contributed by atoms with Gasteiger partial charge >= 0.3 is 0 Å². The predicted molar refractivity (Wildman–Crippen MR) is 104 cm³/mol. The molecule has 0 saturated carbocycles. The molecule has 1 aliphatic rings. The van der Waals surface area contributed by atoms with Gasteiger partial charge in [-0.25, -0.2) is 15.0 Å². The number of thiazole rings is 1. The number of aromatic nitrogens is 4. The highest BCUT2D eigenvalue weighted by molar-refractivity contribution is 7.09. The summed E-state index contributed by atoms with van der Waals surface area (Å²) in [5, 5.41) is 3.23. The standard InChI is InChI=1S/C19H22N6S/c1-14-17(26-13-23-14)12-25-8-2-3-16(11-25)15-4-5-21-18(9-15)24-19-10-20-6-7-22-19/h4-7,9-10,13,16H,2-3,8,11-12H2,1H3,(H,21,22,24). The molecule has 0 radical (unpaired) electrons. The zero-order valence-corrected chi connectivity index (χ0v) is 15.6. The Bertz CT molecular complexity index is 850. The van der Waals surface area contributed by atoms with Gasteiger partial charge in [0.15, 0.2) is 0 Å². The van der Waals surface area contributed by atoms with Gasteiger partial charge < -0.3 is 5.32 Å². The van der Waals surface area contributed by atoms with E-state index in [0.717, 1.165) is 31.1 Å². The second-order valence-corrected chi connectivity index (χ2v) is 7.56. The molecule has 26 heavy (non-hydrogen) atoms. The van der Waals surface area contributed by atoms with Gasteiger partial charge in [-0.2, -0.15) is 0 Å². The van der Waals surface area contributed by atoms with E-state index in [4.69, 9.17) is 0 Å². The minimum atomic E-state index is 0.530. The SMILES string of the molecule is Cc1ncsc1CN1CCCC(c2ccnc(Nc3cnccn3)c2)C1. The Morgan fingerprint density at radius 3 is 2.92 bits per heavy atom. The van der Waals surface area contributed by atoms with Crippen LogP contribution in [0.3, 0.4) is 0 Å². The van der Waals surface area contributed by atoms with E-state index in [1.807, 2.05) is 11.7 Å². The van der Waals surface area contributed by atoms with E-state index in [9.17, 15) is 0 Å². The third-order valence-electron chi connectivity index (χ3n) is 4.79. The third-order valence-corrected chi connectivity index (χ3v) is 5.71. The Hall–Kier alpha value is -2.38. The summed E-state index contributed by atoms with van der Waals surface area (Å²) in [5.41, 5.74) is 4.44. The van der Waals surface area contributed by atoms with Crippen LogP contribution in [0.2, 0.25) is 0 Å². The maximum absolute atomic E-state index is 4.42. The van der Waals surface area contributed by atoms with Gasteiger partial charge in [-0.3, -0.25) is 9.88 Å². The lowest BCUT2D eigenvalue weighted by molar-refractivity contribution is 0.201. The zero-order valence-electron chi connectivity index (χ0n) is 14.8. The lowest BCUT2D eigenvalue weighted by Crippen LogP contribution is -2.33. The zero-order chi connectivity index (χ0) is 17.8. The highest BCUT2D eigenvalue weighted by atomic mass is 32.1. The highest BCUT2D eigenvalue weighted by Gasteiger charge is 2.22. The number of anilines is 2. The van der Waals surface area contributed by atoms with Gasteiger partial charge in [-0.15, -0.1) is 11.3 Å². The van der Waals surface area contributed by atoms with E-state index in [1.54, 1.807) is 29.9 Å². The van der Waals surface area contributed by atoms with Gasteiger partial charge in [0.1, 0.15) is 11.6 Å². The second-order valence-electron chi connectivity index (χ2n) is 6.63. The summed E-state index contributed by atoms with van der Waals surface area (Å²) in [6, 6.07) is 4.27. The summed E-state index contributed by atoms with van der Waals surface area (Å²) < 4.78 is 0. The van der Waals surface area contributed by atoms with Gasteiger partial charge in [-0.1, -0.05) is 0 Å². The molecule has 6 nitrogen and oxygen atoms in total. The molecule has 3 aromatic rings. The molecular weight excluding hydrogens is 344 g/mol. The summed E-state index contributed by atoms with van der Waals surface area (Å²) in [5.74, 6) is 2.06. The van der Waals surface area contributed by atoms with Crippen molar-refractivity contribution in [3.05, 3.63) is 58.6 Å². The van der Waals surface area contributed by atoms with Crippen molar-refractivity contribution in [2.24, 2.45) is 0 Å². The molecule has 0 aromatic carbocycles. The van der Waals surface area contributed by atoms with Crippen LogP contribution in [0.5, 0.6) is 0 Å². The van der Waals surface area contributed by atoms with Crippen LogP contribution in [0.15, 0.2) is 42.4 Å². The quantitative estimate of drug-likeness (QED) is 0.742. The van der Waals surface area contributed by atoms with E-state index in [-0.39, 0.29) is 0 Å². The van der Waals surface area contributed by atoms with Crippen molar-refractivity contribution in [3.8, 4) is 0 Å². The van der Waals surface area contributed by atoms with Crippen molar-refractivity contribution in [1.29, 1.82) is 0 Å². The molecule has 0 aliphatic carbocycles. The summed E-state index contributed by atoms with van der Waals surface area (Å²) in [7, 11) is 0. The van der Waals surface area contributed by atoms with Crippen molar-refractivity contribution < 1.29 is 0 Å². The van der Waals surface area contributed by atoms with Crippen LogP contribution < -0.4 is 5.32 Å². The number of nitrogens with one attached hydrogen (secondary N) is 1. The van der Waals surface area contributed by atoms with Gasteiger partial charge in [0, 0.05) is 36.6 Å². The lowest BCUT2D eigenvalue weighted by atomic mass is 9.91. The van der Waals surface area contributed by atoms with Crippen LogP contribution in [0.1, 0.15) is 34.9 Å². The summed E-state index contributed by atoms with van der Waals surface area (Å²) in [6.07, 6.45) is 9.35. The first-order valence-corrected chi connectivity index (χ1v) is 9.76. The first-order valence-electron chi connectivity index (χ1n) is 8.88. The Labute approximate surface area is 157 Å². The minimum Gasteiger partial charge on any atom is -0.324 e. The Morgan fingerprint density at radius 1 is 1.19 bits per heavy atom. The van der Waals surface area contributed by atoms with Crippen LogP contribution in [-0.2, 0) is 6.54 Å². The molecule has 0 amide bonds. The largest absolute Gasteiger partial charge is 0.324 e. The number of hydrogen-bond acceptors (Lipinski definition) is 7. The fourth-order valence-corrected chi connectivity index (χ4v) is 4.23. The van der Waals surface area contributed by atoms with Crippen LogP contribution in [0.4, 0.5) is 11.6 Å². The summed E-state index contributed by atoms with van der Waals surface area (Å²) >= 11 is 1.76. The fraction of sp³-hybridized carbons (Fsp3) is 0.368. The summed E-state index contributed by atoms with van der Waals surface area (Å²) in [4.78, 5) is 21.1. The van der Waals surface area contributed by atoms with Crippen LogP contribution in [-0.4, -0.2) is 37.9 Å². The number of rotatable bonds is 5. The van der Waals surface area contributed by atoms with E-state index in [1.165, 1.54) is 23.3 Å². The van der Waals surface area contributed by atoms with Gasteiger partial charge in [0.05, 0.1) is 17.4 Å². The average molecular weight is 366 g/mol. The Morgan fingerprint density at radius 2 is 2.12 bits per heavy atom. The first kappa shape index (κ1) is 17.1. The van der Waals surface area contributed by atoms with Crippen LogP contribution in [0, 0.1) is 6.92 Å². The van der Waals surface area contributed by atoms with Crippen molar-refractivity contribution in [2.75, 3.05) is 18.4 Å². The van der Waals surface area contributed by atoms with E-state index < -0.39 is 0 Å².